The molecule has 0 unspecified atom stereocenters. The average Bonchev–Trinajstić information content (AvgIpc) is 2.86. The molecule has 0 aliphatic rings. The number of carbonyl (C=O) groups excluding carboxylic acids is 2. The first-order chi connectivity index (χ1) is 16.5. The van der Waals surface area contributed by atoms with Gasteiger partial charge in [-0.3, -0.25) is 4.79 Å². The second kappa shape index (κ2) is 11.6. The van der Waals surface area contributed by atoms with Crippen molar-refractivity contribution in [3.63, 3.8) is 0 Å². The molecule has 3 aromatic carbocycles. The van der Waals surface area contributed by atoms with Crippen LogP contribution >= 0.6 is 0 Å². The summed E-state index contributed by atoms with van der Waals surface area (Å²) in [5.41, 5.74) is 3.50. The fraction of sp³-hybridized carbons (Fsp3) is 0.231. The van der Waals surface area contributed by atoms with Crippen molar-refractivity contribution < 1.29 is 28.5 Å². The van der Waals surface area contributed by atoms with Gasteiger partial charge in [-0.15, -0.1) is 0 Å². The molecule has 34 heavy (non-hydrogen) atoms. The molecule has 2 N–H and O–H groups in total. The van der Waals surface area contributed by atoms with Gasteiger partial charge in [0, 0.05) is 23.5 Å². The molecule has 8 nitrogen and oxygen atoms in total. The summed E-state index contributed by atoms with van der Waals surface area (Å²) in [4.78, 5) is 24.3. The molecule has 0 fully saturated rings. The predicted molar refractivity (Wildman–Crippen MR) is 131 cm³/mol. The van der Waals surface area contributed by atoms with Crippen molar-refractivity contribution in [3.8, 4) is 17.2 Å². The maximum atomic E-state index is 12.6. The largest absolute Gasteiger partial charge is 0.493 e. The van der Waals surface area contributed by atoms with Gasteiger partial charge in [-0.2, -0.15) is 0 Å². The zero-order valence-electron chi connectivity index (χ0n) is 19.6. The lowest BCUT2D eigenvalue weighted by atomic mass is 10.1. The Morgan fingerprint density at radius 1 is 0.765 bits per heavy atom. The molecule has 1 amide bonds. The summed E-state index contributed by atoms with van der Waals surface area (Å²) in [7, 11) is 6.00. The van der Waals surface area contributed by atoms with Crippen LogP contribution in [0.15, 0.2) is 60.7 Å². The molecule has 0 aliphatic heterocycles. The third kappa shape index (κ3) is 6.19. The van der Waals surface area contributed by atoms with Gasteiger partial charge >= 0.3 is 5.97 Å². The number of esters is 1. The molecular weight excluding hydrogens is 436 g/mol. The Kier molecular flexibility index (Phi) is 8.34. The van der Waals surface area contributed by atoms with Gasteiger partial charge in [0.2, 0.25) is 11.7 Å². The topological polar surface area (TPSA) is 95.1 Å². The zero-order valence-corrected chi connectivity index (χ0v) is 19.6. The van der Waals surface area contributed by atoms with Gasteiger partial charge in [0.25, 0.3) is 0 Å². The van der Waals surface area contributed by atoms with Gasteiger partial charge in [-0.05, 0) is 60.5 Å². The fourth-order valence-electron chi connectivity index (χ4n) is 3.44. The summed E-state index contributed by atoms with van der Waals surface area (Å²) in [5.74, 6) is 1.08. The van der Waals surface area contributed by atoms with E-state index in [4.69, 9.17) is 18.9 Å². The summed E-state index contributed by atoms with van der Waals surface area (Å²) < 4.78 is 20.8. The fourth-order valence-corrected chi connectivity index (χ4v) is 3.44. The number of hydrogen-bond donors (Lipinski definition) is 2. The predicted octanol–water partition coefficient (Wildman–Crippen LogP) is 4.81. The van der Waals surface area contributed by atoms with Crippen LogP contribution in [0.2, 0.25) is 0 Å². The monoisotopic (exact) mass is 464 g/mol. The Morgan fingerprint density at radius 2 is 1.38 bits per heavy atom. The molecule has 0 saturated carbocycles. The minimum atomic E-state index is -0.406. The van der Waals surface area contributed by atoms with Crippen molar-refractivity contribution in [2.45, 2.75) is 12.8 Å². The first-order valence-electron chi connectivity index (χ1n) is 10.6. The highest BCUT2D eigenvalue weighted by atomic mass is 16.5. The third-order valence-electron chi connectivity index (χ3n) is 5.08. The lowest BCUT2D eigenvalue weighted by Crippen LogP contribution is -2.12. The Balaban J connectivity index is 1.63. The van der Waals surface area contributed by atoms with Crippen molar-refractivity contribution in [2.75, 3.05) is 39.1 Å². The SMILES string of the molecule is COC(=O)c1cccc(Nc2cccc(NC(=O)CCc3cc(OC)c(OC)c(OC)c3)c2)c1. The quantitative estimate of drug-likeness (QED) is 0.416. The first-order valence-corrected chi connectivity index (χ1v) is 10.6. The molecule has 8 heteroatoms. The minimum absolute atomic E-state index is 0.126. The maximum Gasteiger partial charge on any atom is 0.337 e. The number of benzene rings is 3. The van der Waals surface area contributed by atoms with Crippen molar-refractivity contribution in [3.05, 3.63) is 71.8 Å². The van der Waals surface area contributed by atoms with Gasteiger partial charge in [-0.25, -0.2) is 4.79 Å². The van der Waals surface area contributed by atoms with Crippen LogP contribution in [-0.2, 0) is 16.0 Å². The van der Waals surface area contributed by atoms with E-state index in [0.29, 0.717) is 34.9 Å². The van der Waals surface area contributed by atoms with E-state index in [1.54, 1.807) is 39.5 Å². The van der Waals surface area contributed by atoms with E-state index < -0.39 is 5.97 Å². The number of aryl methyl sites for hydroxylation is 1. The maximum absolute atomic E-state index is 12.6. The standard InChI is InChI=1S/C26H28N2O6/c1-31-22-13-17(14-23(32-2)25(22)33-3)11-12-24(29)28-21-10-6-9-20(16-21)27-19-8-5-7-18(15-19)26(30)34-4/h5-10,13-16,27H,11-12H2,1-4H3,(H,28,29). The van der Waals surface area contributed by atoms with Gasteiger partial charge < -0.3 is 29.6 Å². The first kappa shape index (κ1) is 24.4. The van der Waals surface area contributed by atoms with Crippen LogP contribution < -0.4 is 24.8 Å². The molecule has 0 spiro atoms. The summed E-state index contributed by atoms with van der Waals surface area (Å²) in [6, 6.07) is 18.0. The molecule has 3 rings (SSSR count). The Morgan fingerprint density at radius 3 is 2.00 bits per heavy atom. The second-order valence-electron chi connectivity index (χ2n) is 7.36. The molecule has 0 atom stereocenters. The van der Waals surface area contributed by atoms with Crippen LogP contribution in [0.4, 0.5) is 17.1 Å². The van der Waals surface area contributed by atoms with E-state index >= 15 is 0 Å². The Hall–Kier alpha value is -4.20. The van der Waals surface area contributed by atoms with Crippen LogP contribution in [0.5, 0.6) is 17.2 Å². The van der Waals surface area contributed by atoms with Crippen LogP contribution in [-0.4, -0.2) is 40.3 Å². The Labute approximate surface area is 198 Å². The molecule has 0 bridgehead atoms. The Bertz CT molecular complexity index is 1140. The van der Waals surface area contributed by atoms with Gasteiger partial charge in [0.05, 0.1) is 34.0 Å². The normalized spacial score (nSPS) is 10.2. The molecule has 0 heterocycles. The number of nitrogens with one attached hydrogen (secondary N) is 2. The molecule has 0 radical (unpaired) electrons. The summed E-state index contributed by atoms with van der Waals surface area (Å²) in [5, 5.41) is 6.15. The number of carbonyl (C=O) groups is 2. The van der Waals surface area contributed by atoms with Gasteiger partial charge in [0.1, 0.15) is 0 Å². The molecule has 0 aliphatic carbocycles. The highest BCUT2D eigenvalue weighted by Crippen LogP contribution is 2.38. The molecule has 0 aromatic heterocycles. The minimum Gasteiger partial charge on any atom is -0.493 e. The van der Waals surface area contributed by atoms with Gasteiger partial charge in [-0.1, -0.05) is 12.1 Å². The van der Waals surface area contributed by atoms with E-state index in [0.717, 1.165) is 16.9 Å². The number of ether oxygens (including phenoxy) is 4. The van der Waals surface area contributed by atoms with Crippen molar-refractivity contribution in [1.29, 1.82) is 0 Å². The summed E-state index contributed by atoms with van der Waals surface area (Å²) >= 11 is 0. The summed E-state index contributed by atoms with van der Waals surface area (Å²) in [6.07, 6.45) is 0.776. The van der Waals surface area contributed by atoms with Crippen molar-refractivity contribution >= 4 is 28.9 Å². The molecule has 3 aromatic rings. The van der Waals surface area contributed by atoms with Crippen LogP contribution in [0.1, 0.15) is 22.3 Å². The third-order valence-corrected chi connectivity index (χ3v) is 5.08. The van der Waals surface area contributed by atoms with Gasteiger partial charge in [0.15, 0.2) is 11.5 Å². The van der Waals surface area contributed by atoms with Crippen LogP contribution in [0.25, 0.3) is 0 Å². The number of anilines is 3. The number of methoxy groups -OCH3 is 4. The van der Waals surface area contributed by atoms with Crippen molar-refractivity contribution in [2.24, 2.45) is 0 Å². The average molecular weight is 465 g/mol. The number of hydrogen-bond acceptors (Lipinski definition) is 7. The van der Waals surface area contributed by atoms with Crippen LogP contribution in [0.3, 0.4) is 0 Å². The van der Waals surface area contributed by atoms with Crippen molar-refractivity contribution in [1.82, 2.24) is 0 Å². The lowest BCUT2D eigenvalue weighted by Gasteiger charge is -2.14. The lowest BCUT2D eigenvalue weighted by molar-refractivity contribution is -0.116. The van der Waals surface area contributed by atoms with E-state index in [1.165, 1.54) is 7.11 Å². The second-order valence-corrected chi connectivity index (χ2v) is 7.36. The van der Waals surface area contributed by atoms with E-state index in [-0.39, 0.29) is 12.3 Å². The number of rotatable bonds is 10. The zero-order chi connectivity index (χ0) is 24.5. The molecular formula is C26H28N2O6. The highest BCUT2D eigenvalue weighted by Gasteiger charge is 2.14. The smallest absolute Gasteiger partial charge is 0.337 e. The molecule has 178 valence electrons. The van der Waals surface area contributed by atoms with E-state index in [9.17, 15) is 9.59 Å². The number of amides is 1. The summed E-state index contributed by atoms with van der Waals surface area (Å²) in [6.45, 7) is 0. The van der Waals surface area contributed by atoms with Crippen LogP contribution in [0, 0.1) is 0 Å². The van der Waals surface area contributed by atoms with E-state index in [1.807, 2.05) is 42.5 Å². The highest BCUT2D eigenvalue weighted by molar-refractivity contribution is 5.92. The van der Waals surface area contributed by atoms with E-state index in [2.05, 4.69) is 10.6 Å². The molecule has 0 saturated heterocycles.